The third-order valence-corrected chi connectivity index (χ3v) is 7.74. The van der Waals surface area contributed by atoms with Crippen molar-refractivity contribution in [1.29, 1.82) is 0 Å². The van der Waals surface area contributed by atoms with E-state index in [1.807, 2.05) is 0 Å². The Morgan fingerprint density at radius 2 is 1.48 bits per heavy atom. The first-order valence-corrected chi connectivity index (χ1v) is 13.4. The van der Waals surface area contributed by atoms with Gasteiger partial charge in [-0.1, -0.05) is 12.1 Å². The van der Waals surface area contributed by atoms with Gasteiger partial charge in [0.05, 0.1) is 53.6 Å². The topological polar surface area (TPSA) is 148 Å². The Hall–Kier alpha value is -5.46. The molecular formula is C31H31N3O10. The number of carbonyl (C=O) groups is 2. The number of nitro groups is 1. The van der Waals surface area contributed by atoms with Crippen LogP contribution in [0.4, 0.5) is 5.69 Å². The molecule has 13 heteroatoms. The summed E-state index contributed by atoms with van der Waals surface area (Å²) in [5, 5.41) is 14.5. The second-order valence-electron chi connectivity index (χ2n) is 9.89. The highest BCUT2D eigenvalue weighted by Gasteiger charge is 2.49. The summed E-state index contributed by atoms with van der Waals surface area (Å²) in [5.74, 6) is 1.25. The molecule has 2 atom stereocenters. The highest BCUT2D eigenvalue weighted by Crippen LogP contribution is 2.51. The Labute approximate surface area is 253 Å². The highest BCUT2D eigenvalue weighted by atomic mass is 16.6. The van der Waals surface area contributed by atoms with Crippen LogP contribution in [0.2, 0.25) is 0 Å². The van der Waals surface area contributed by atoms with E-state index >= 15 is 0 Å². The Kier molecular flexibility index (Phi) is 8.21. The lowest BCUT2D eigenvalue weighted by atomic mass is 9.81. The Morgan fingerprint density at radius 3 is 2.09 bits per heavy atom. The van der Waals surface area contributed by atoms with Gasteiger partial charge in [0, 0.05) is 47.4 Å². The first kappa shape index (κ1) is 30.0. The Morgan fingerprint density at radius 1 is 0.841 bits per heavy atom. The largest absolute Gasteiger partial charge is 0.496 e. The fraction of sp³-hybridized carbons (Fsp3) is 0.290. The van der Waals surface area contributed by atoms with E-state index in [0.717, 1.165) is 0 Å². The molecule has 2 amide bonds. The average molecular weight is 606 g/mol. The van der Waals surface area contributed by atoms with Crippen LogP contribution in [0.1, 0.15) is 28.3 Å². The summed E-state index contributed by atoms with van der Waals surface area (Å²) in [6.07, 6.45) is 1.58. The number of hydrogen-bond acceptors (Lipinski definition) is 10. The lowest BCUT2D eigenvalue weighted by Gasteiger charge is -2.46. The van der Waals surface area contributed by atoms with Gasteiger partial charge in [0.1, 0.15) is 23.2 Å². The summed E-state index contributed by atoms with van der Waals surface area (Å²) in [6.45, 7) is 0. The first-order valence-electron chi connectivity index (χ1n) is 13.4. The number of rotatable bonds is 9. The number of nitro benzene ring substituents is 1. The average Bonchev–Trinajstić information content (AvgIpc) is 3.04. The van der Waals surface area contributed by atoms with Crippen LogP contribution < -0.4 is 33.7 Å². The molecule has 3 aromatic carbocycles. The first-order chi connectivity index (χ1) is 21.2. The molecule has 0 spiro atoms. The van der Waals surface area contributed by atoms with Crippen molar-refractivity contribution in [2.24, 2.45) is 0 Å². The van der Waals surface area contributed by atoms with Gasteiger partial charge >= 0.3 is 0 Å². The number of ether oxygens (including phenoxy) is 6. The van der Waals surface area contributed by atoms with Gasteiger partial charge in [-0.15, -0.1) is 0 Å². The second-order valence-corrected chi connectivity index (χ2v) is 9.89. The third-order valence-electron chi connectivity index (χ3n) is 7.74. The molecule has 0 aliphatic carbocycles. The summed E-state index contributed by atoms with van der Waals surface area (Å²) in [5.41, 5.74) is 1.72. The van der Waals surface area contributed by atoms with Crippen molar-refractivity contribution < 1.29 is 42.9 Å². The molecule has 2 aliphatic heterocycles. The number of fused-ring (bicyclic) bond motifs is 2. The van der Waals surface area contributed by atoms with Crippen LogP contribution in [0.15, 0.2) is 48.2 Å². The molecule has 0 aromatic heterocycles. The lowest BCUT2D eigenvalue weighted by Crippen LogP contribution is -2.60. The fourth-order valence-electron chi connectivity index (χ4n) is 5.77. The third kappa shape index (κ3) is 4.95. The van der Waals surface area contributed by atoms with Crippen LogP contribution in [0, 0.1) is 10.1 Å². The number of amides is 2. The Bertz CT molecular complexity index is 1690. The van der Waals surface area contributed by atoms with Crippen LogP contribution in [-0.2, 0) is 16.0 Å². The second kappa shape index (κ2) is 12.0. The SMILES string of the molecule is COc1cc(OC)c(OC)cc1/C=C1\NC(=O)[C@@H]2Cc3c(OC)cc(OC)c(OC)c3[C@@H](c3cccc([N+](=O)[O-])c3)N2C1=O. The van der Waals surface area contributed by atoms with Crippen molar-refractivity contribution in [3.63, 3.8) is 0 Å². The normalized spacial score (nSPS) is 18.1. The molecule has 1 N–H and O–H groups in total. The maximum atomic E-state index is 14.4. The van der Waals surface area contributed by atoms with Crippen LogP contribution >= 0.6 is 0 Å². The van der Waals surface area contributed by atoms with Crippen molar-refractivity contribution in [1.82, 2.24) is 10.2 Å². The van der Waals surface area contributed by atoms with Crippen molar-refractivity contribution >= 4 is 23.6 Å². The van der Waals surface area contributed by atoms with Gasteiger partial charge in [0.15, 0.2) is 23.0 Å². The molecule has 44 heavy (non-hydrogen) atoms. The van der Waals surface area contributed by atoms with E-state index in [4.69, 9.17) is 28.4 Å². The van der Waals surface area contributed by atoms with Crippen molar-refractivity contribution in [3.8, 4) is 34.5 Å². The number of piperazine rings is 1. The van der Waals surface area contributed by atoms with Gasteiger partial charge in [-0.3, -0.25) is 19.7 Å². The van der Waals surface area contributed by atoms with Crippen LogP contribution in [0.3, 0.4) is 0 Å². The number of non-ortho nitro benzene ring substituents is 1. The van der Waals surface area contributed by atoms with Crippen LogP contribution in [0.5, 0.6) is 34.5 Å². The molecule has 1 fully saturated rings. The van der Waals surface area contributed by atoms with E-state index in [1.165, 1.54) is 71.8 Å². The van der Waals surface area contributed by atoms with E-state index in [9.17, 15) is 19.7 Å². The quantitative estimate of drug-likeness (QED) is 0.218. The monoisotopic (exact) mass is 605 g/mol. The molecule has 2 heterocycles. The molecule has 2 aliphatic rings. The molecule has 0 unspecified atom stereocenters. The predicted molar refractivity (Wildman–Crippen MR) is 158 cm³/mol. The molecule has 230 valence electrons. The summed E-state index contributed by atoms with van der Waals surface area (Å²) < 4.78 is 33.4. The van der Waals surface area contributed by atoms with Gasteiger partial charge in [0.2, 0.25) is 5.91 Å². The minimum atomic E-state index is -0.989. The summed E-state index contributed by atoms with van der Waals surface area (Å²) in [6, 6.07) is 8.84. The van der Waals surface area contributed by atoms with E-state index < -0.39 is 28.8 Å². The minimum Gasteiger partial charge on any atom is -0.496 e. The summed E-state index contributed by atoms with van der Waals surface area (Å²) in [4.78, 5) is 40.9. The molecule has 0 bridgehead atoms. The highest BCUT2D eigenvalue weighted by molar-refractivity contribution is 6.08. The van der Waals surface area contributed by atoms with Crippen LogP contribution in [-0.4, -0.2) is 70.3 Å². The number of benzene rings is 3. The summed E-state index contributed by atoms with van der Waals surface area (Å²) in [7, 11) is 8.84. The van der Waals surface area contributed by atoms with Crippen LogP contribution in [0.25, 0.3) is 6.08 Å². The van der Waals surface area contributed by atoms with Crippen molar-refractivity contribution in [2.45, 2.75) is 18.5 Å². The van der Waals surface area contributed by atoms with Crippen molar-refractivity contribution in [2.75, 3.05) is 42.7 Å². The summed E-state index contributed by atoms with van der Waals surface area (Å²) >= 11 is 0. The number of carbonyl (C=O) groups excluding carboxylic acids is 2. The zero-order valence-electron chi connectivity index (χ0n) is 25.0. The zero-order valence-corrected chi connectivity index (χ0v) is 25.0. The number of hydrogen-bond donors (Lipinski definition) is 1. The van der Waals surface area contributed by atoms with Gasteiger partial charge in [-0.2, -0.15) is 0 Å². The fourth-order valence-corrected chi connectivity index (χ4v) is 5.77. The van der Waals surface area contributed by atoms with E-state index in [0.29, 0.717) is 56.8 Å². The number of nitrogens with one attached hydrogen (secondary N) is 1. The van der Waals surface area contributed by atoms with Gasteiger partial charge in [-0.25, -0.2) is 0 Å². The molecule has 5 rings (SSSR count). The lowest BCUT2D eigenvalue weighted by molar-refractivity contribution is -0.384. The molecule has 1 saturated heterocycles. The molecular weight excluding hydrogens is 574 g/mol. The maximum absolute atomic E-state index is 14.4. The zero-order chi connectivity index (χ0) is 31.7. The van der Waals surface area contributed by atoms with Gasteiger partial charge in [-0.05, 0) is 17.7 Å². The number of methoxy groups -OCH3 is 6. The van der Waals surface area contributed by atoms with E-state index in [-0.39, 0.29) is 17.8 Å². The maximum Gasteiger partial charge on any atom is 0.271 e. The van der Waals surface area contributed by atoms with E-state index in [1.54, 1.807) is 24.3 Å². The predicted octanol–water partition coefficient (Wildman–Crippen LogP) is 3.66. The molecule has 3 aromatic rings. The standard InChI is InChI=1S/C31H31N3O10/c1-39-22-14-25(42-4)24(41-3)12-17(22)11-20-31(36)33-21(30(35)32-20)13-19-23(40-2)15-26(43-5)29(44-6)27(19)28(33)16-8-7-9-18(10-16)34(37)38/h7-12,14-15,21,28H,13H2,1-6H3,(H,32,35)/b20-11-/t21-,28+/m0/s1. The van der Waals surface area contributed by atoms with Gasteiger partial charge in [0.25, 0.3) is 11.6 Å². The van der Waals surface area contributed by atoms with Gasteiger partial charge < -0.3 is 38.6 Å². The van der Waals surface area contributed by atoms with E-state index in [2.05, 4.69) is 5.32 Å². The number of nitrogens with zero attached hydrogens (tertiary/aromatic N) is 2. The van der Waals surface area contributed by atoms with Crippen molar-refractivity contribution in [3.05, 3.63) is 80.5 Å². The molecule has 13 nitrogen and oxygen atoms in total. The Balaban J connectivity index is 1.76. The minimum absolute atomic E-state index is 0.0375. The molecule has 0 radical (unpaired) electrons. The smallest absolute Gasteiger partial charge is 0.271 e. The molecule has 0 saturated carbocycles.